The summed E-state index contributed by atoms with van der Waals surface area (Å²) in [7, 11) is 2.00. The molecule has 0 aliphatic carbocycles. The molecule has 0 aliphatic heterocycles. The minimum absolute atomic E-state index is 0.891. The average molecular weight is 115 g/mol. The third-order valence-electron chi connectivity index (χ3n) is 1.58. The highest BCUT2D eigenvalue weighted by molar-refractivity contribution is 4.50. The van der Waals surface area contributed by atoms with E-state index in [-0.39, 0.29) is 0 Å². The maximum atomic E-state index is 3.13. The monoisotopic (exact) mass is 115 g/mol. The van der Waals surface area contributed by atoms with Gasteiger partial charge >= 0.3 is 0 Å². The Labute approximate surface area is 52.5 Å². The minimum atomic E-state index is 0.891. The molecule has 0 aromatic carbocycles. The van der Waals surface area contributed by atoms with Gasteiger partial charge in [0.05, 0.1) is 0 Å². The van der Waals surface area contributed by atoms with Crippen molar-refractivity contribution in [2.45, 2.75) is 26.7 Å². The molecule has 0 radical (unpaired) electrons. The second kappa shape index (κ2) is 5.10. The highest BCUT2D eigenvalue weighted by atomic mass is 14.8. The average Bonchev–Trinajstić information content (AvgIpc) is 1.83. The molecule has 0 amide bonds. The van der Waals surface area contributed by atoms with Gasteiger partial charge in [-0.2, -0.15) is 0 Å². The van der Waals surface area contributed by atoms with Crippen LogP contribution in [0.4, 0.5) is 0 Å². The first kappa shape index (κ1) is 7.96. The molecule has 1 N–H and O–H groups in total. The molecule has 0 spiro atoms. The zero-order valence-corrected chi connectivity index (χ0v) is 6.20. The van der Waals surface area contributed by atoms with E-state index in [1.54, 1.807) is 0 Å². The fourth-order valence-electron chi connectivity index (χ4n) is 0.595. The van der Waals surface area contributed by atoms with Crippen LogP contribution in [0, 0.1) is 5.92 Å². The third kappa shape index (κ3) is 4.13. The Balaban J connectivity index is 2.86. The molecule has 8 heavy (non-hydrogen) atoms. The van der Waals surface area contributed by atoms with Gasteiger partial charge in [-0.1, -0.05) is 20.3 Å². The summed E-state index contributed by atoms with van der Waals surface area (Å²) in [4.78, 5) is 0. The fourth-order valence-corrected chi connectivity index (χ4v) is 0.595. The Morgan fingerprint density at radius 2 is 2.12 bits per heavy atom. The standard InChI is InChI=1S/C7H17N/c1-4-7(2)5-6-8-3/h7-8H,4-6H2,1-3H3. The Bertz CT molecular complexity index is 43.7. The molecular weight excluding hydrogens is 98.1 g/mol. The van der Waals surface area contributed by atoms with Crippen molar-refractivity contribution in [1.29, 1.82) is 0 Å². The topological polar surface area (TPSA) is 12.0 Å². The summed E-state index contributed by atoms with van der Waals surface area (Å²) in [6.45, 7) is 5.69. The van der Waals surface area contributed by atoms with E-state index in [2.05, 4.69) is 19.2 Å². The van der Waals surface area contributed by atoms with Crippen LogP contribution in [-0.2, 0) is 0 Å². The van der Waals surface area contributed by atoms with Gasteiger partial charge in [-0.25, -0.2) is 0 Å². The van der Waals surface area contributed by atoms with Crippen molar-refractivity contribution in [3.63, 3.8) is 0 Å². The van der Waals surface area contributed by atoms with Crippen molar-refractivity contribution in [3.8, 4) is 0 Å². The number of hydrogen-bond donors (Lipinski definition) is 1. The van der Waals surface area contributed by atoms with Crippen molar-refractivity contribution in [2.75, 3.05) is 13.6 Å². The maximum absolute atomic E-state index is 3.13. The van der Waals surface area contributed by atoms with E-state index in [0.29, 0.717) is 0 Å². The quantitative estimate of drug-likeness (QED) is 0.587. The van der Waals surface area contributed by atoms with Crippen LogP contribution in [-0.4, -0.2) is 13.6 Å². The summed E-state index contributed by atoms with van der Waals surface area (Å²) in [5, 5.41) is 3.13. The molecule has 0 aliphatic rings. The van der Waals surface area contributed by atoms with Gasteiger partial charge in [-0.15, -0.1) is 0 Å². The van der Waals surface area contributed by atoms with Gasteiger partial charge in [-0.3, -0.25) is 0 Å². The first-order chi connectivity index (χ1) is 3.81. The van der Waals surface area contributed by atoms with Crippen molar-refractivity contribution >= 4 is 0 Å². The smallest absolute Gasteiger partial charge is 0.00494 e. The van der Waals surface area contributed by atoms with Crippen LogP contribution < -0.4 is 5.32 Å². The predicted octanol–water partition coefficient (Wildman–Crippen LogP) is 1.64. The van der Waals surface area contributed by atoms with E-state index in [0.717, 1.165) is 12.5 Å². The molecule has 0 saturated carbocycles. The molecule has 0 bridgehead atoms. The number of rotatable bonds is 4. The molecule has 0 fully saturated rings. The molecular formula is C7H17N. The van der Waals surface area contributed by atoms with Crippen LogP contribution in [0.1, 0.15) is 26.7 Å². The van der Waals surface area contributed by atoms with Crippen LogP contribution in [0.15, 0.2) is 0 Å². The number of nitrogens with one attached hydrogen (secondary N) is 1. The minimum Gasteiger partial charge on any atom is -0.320 e. The Kier molecular flexibility index (Phi) is 5.08. The van der Waals surface area contributed by atoms with Crippen LogP contribution in [0.3, 0.4) is 0 Å². The zero-order valence-electron chi connectivity index (χ0n) is 6.20. The largest absolute Gasteiger partial charge is 0.320 e. The van der Waals surface area contributed by atoms with Gasteiger partial charge in [0.1, 0.15) is 0 Å². The Morgan fingerprint density at radius 1 is 1.50 bits per heavy atom. The van der Waals surface area contributed by atoms with E-state index >= 15 is 0 Å². The summed E-state index contributed by atoms with van der Waals surface area (Å²) < 4.78 is 0. The SMILES string of the molecule is CCC(C)CCNC. The predicted molar refractivity (Wildman–Crippen MR) is 38.0 cm³/mol. The molecule has 0 aromatic heterocycles. The summed E-state index contributed by atoms with van der Waals surface area (Å²) in [5.41, 5.74) is 0. The molecule has 0 aromatic rings. The maximum Gasteiger partial charge on any atom is -0.00494 e. The van der Waals surface area contributed by atoms with Crippen molar-refractivity contribution < 1.29 is 0 Å². The lowest BCUT2D eigenvalue weighted by molar-refractivity contribution is 0.503. The molecule has 1 atom stereocenters. The highest BCUT2D eigenvalue weighted by Crippen LogP contribution is 2.03. The third-order valence-corrected chi connectivity index (χ3v) is 1.58. The van der Waals surface area contributed by atoms with Crippen LogP contribution in [0.5, 0.6) is 0 Å². The van der Waals surface area contributed by atoms with Gasteiger partial charge in [0.15, 0.2) is 0 Å². The first-order valence-electron chi connectivity index (χ1n) is 3.45. The molecule has 1 nitrogen and oxygen atoms in total. The van der Waals surface area contributed by atoms with E-state index in [1.165, 1.54) is 12.8 Å². The van der Waals surface area contributed by atoms with E-state index < -0.39 is 0 Å². The summed E-state index contributed by atoms with van der Waals surface area (Å²) in [5.74, 6) is 0.891. The molecule has 0 heterocycles. The van der Waals surface area contributed by atoms with Crippen molar-refractivity contribution in [3.05, 3.63) is 0 Å². The van der Waals surface area contributed by atoms with Crippen LogP contribution in [0.2, 0.25) is 0 Å². The molecule has 50 valence electrons. The highest BCUT2D eigenvalue weighted by Gasteiger charge is 1.94. The van der Waals surface area contributed by atoms with Gasteiger partial charge < -0.3 is 5.32 Å². The van der Waals surface area contributed by atoms with Crippen LogP contribution in [0.25, 0.3) is 0 Å². The van der Waals surface area contributed by atoms with Gasteiger partial charge in [0, 0.05) is 0 Å². The van der Waals surface area contributed by atoms with Gasteiger partial charge in [0.25, 0.3) is 0 Å². The first-order valence-corrected chi connectivity index (χ1v) is 3.45. The van der Waals surface area contributed by atoms with E-state index in [9.17, 15) is 0 Å². The van der Waals surface area contributed by atoms with Crippen molar-refractivity contribution in [2.24, 2.45) is 5.92 Å². The van der Waals surface area contributed by atoms with E-state index in [4.69, 9.17) is 0 Å². The van der Waals surface area contributed by atoms with Gasteiger partial charge in [0.2, 0.25) is 0 Å². The number of hydrogen-bond acceptors (Lipinski definition) is 1. The molecule has 0 saturated heterocycles. The lowest BCUT2D eigenvalue weighted by Crippen LogP contribution is -2.10. The lowest BCUT2D eigenvalue weighted by Gasteiger charge is -2.05. The van der Waals surface area contributed by atoms with Crippen LogP contribution >= 0.6 is 0 Å². The van der Waals surface area contributed by atoms with Gasteiger partial charge in [-0.05, 0) is 25.9 Å². The fraction of sp³-hybridized carbons (Fsp3) is 1.00. The zero-order chi connectivity index (χ0) is 6.41. The van der Waals surface area contributed by atoms with Crippen molar-refractivity contribution in [1.82, 2.24) is 5.32 Å². The summed E-state index contributed by atoms with van der Waals surface area (Å²) in [6.07, 6.45) is 2.62. The summed E-state index contributed by atoms with van der Waals surface area (Å²) in [6, 6.07) is 0. The molecule has 1 unspecified atom stereocenters. The Hall–Kier alpha value is -0.0400. The lowest BCUT2D eigenvalue weighted by atomic mass is 10.1. The second-order valence-corrected chi connectivity index (χ2v) is 2.41. The molecule has 1 heteroatoms. The molecule has 0 rings (SSSR count). The summed E-state index contributed by atoms with van der Waals surface area (Å²) >= 11 is 0. The Morgan fingerprint density at radius 3 is 2.50 bits per heavy atom. The normalized spacial score (nSPS) is 13.9. The second-order valence-electron chi connectivity index (χ2n) is 2.41. The van der Waals surface area contributed by atoms with E-state index in [1.807, 2.05) is 7.05 Å².